The lowest BCUT2D eigenvalue weighted by molar-refractivity contribution is 0.985. The molecule has 0 radical (unpaired) electrons. The summed E-state index contributed by atoms with van der Waals surface area (Å²) in [6.45, 7) is 0. The van der Waals surface area contributed by atoms with Crippen LogP contribution in [0, 0.1) is 0 Å². The van der Waals surface area contributed by atoms with Crippen LogP contribution >= 0.6 is 11.3 Å². The van der Waals surface area contributed by atoms with Gasteiger partial charge in [0.25, 0.3) is 0 Å². The van der Waals surface area contributed by atoms with Crippen LogP contribution in [0.4, 0.5) is 0 Å². The third-order valence-electron chi connectivity index (χ3n) is 4.08. The molecule has 1 aliphatic rings. The van der Waals surface area contributed by atoms with E-state index in [4.69, 9.17) is 0 Å². The van der Waals surface area contributed by atoms with Crippen molar-refractivity contribution in [2.24, 2.45) is 0 Å². The van der Waals surface area contributed by atoms with Gasteiger partial charge in [-0.3, -0.25) is 0 Å². The molecule has 0 aliphatic heterocycles. The number of rotatable bonds is 1. The molecule has 1 heteroatoms. The zero-order valence-electron chi connectivity index (χ0n) is 11.8. The van der Waals surface area contributed by atoms with Gasteiger partial charge in [-0.05, 0) is 58.2 Å². The molecule has 0 saturated carbocycles. The van der Waals surface area contributed by atoms with Crippen molar-refractivity contribution in [3.63, 3.8) is 0 Å². The fraction of sp³-hybridized carbons (Fsp3) is 0.100. The molecule has 0 unspecified atom stereocenters. The predicted molar refractivity (Wildman–Crippen MR) is 91.6 cm³/mol. The van der Waals surface area contributed by atoms with Crippen molar-refractivity contribution in [2.45, 2.75) is 12.8 Å². The lowest BCUT2D eigenvalue weighted by Gasteiger charge is -2.10. The molecule has 102 valence electrons. The van der Waals surface area contributed by atoms with Gasteiger partial charge in [0.05, 0.1) is 0 Å². The van der Waals surface area contributed by atoms with Crippen LogP contribution in [-0.2, 0) is 12.8 Å². The predicted octanol–water partition coefficient (Wildman–Crippen LogP) is 5.44. The van der Waals surface area contributed by atoms with Crippen LogP contribution in [-0.4, -0.2) is 0 Å². The molecule has 0 N–H and O–H groups in total. The van der Waals surface area contributed by atoms with Gasteiger partial charge in [-0.1, -0.05) is 54.6 Å². The van der Waals surface area contributed by atoms with E-state index in [9.17, 15) is 0 Å². The Hall–Kier alpha value is -2.12. The third-order valence-corrected chi connectivity index (χ3v) is 5.06. The maximum absolute atomic E-state index is 2.33. The van der Waals surface area contributed by atoms with E-state index in [2.05, 4.69) is 72.1 Å². The molecule has 0 bridgehead atoms. The maximum Gasteiger partial charge on any atom is 0.0127 e. The molecule has 0 saturated heterocycles. The Bertz CT molecular complexity index is 793. The average Bonchev–Trinajstić information content (AvgIpc) is 2.95. The van der Waals surface area contributed by atoms with Gasteiger partial charge in [0.15, 0.2) is 0 Å². The van der Waals surface area contributed by atoms with Crippen LogP contribution < -0.4 is 0 Å². The minimum Gasteiger partial charge on any atom is -0.148 e. The monoisotopic (exact) mass is 288 g/mol. The maximum atomic E-state index is 2.33. The number of hydrogen-bond acceptors (Lipinski definition) is 1. The highest BCUT2D eigenvalue weighted by Gasteiger charge is 2.18. The first-order valence-electron chi connectivity index (χ1n) is 7.33. The van der Waals surface area contributed by atoms with Crippen molar-refractivity contribution in [2.75, 3.05) is 0 Å². The van der Waals surface area contributed by atoms with Crippen LogP contribution in [0.15, 0.2) is 66.0 Å². The summed E-state index contributed by atoms with van der Waals surface area (Å²) in [5, 5.41) is 2.22. The molecule has 0 spiro atoms. The van der Waals surface area contributed by atoms with E-state index in [1.807, 2.05) is 11.3 Å². The highest BCUT2D eigenvalue weighted by molar-refractivity contribution is 7.10. The zero-order chi connectivity index (χ0) is 14.1. The number of benzene rings is 2. The number of fused-ring (bicyclic) bond motifs is 2. The Kier molecular flexibility index (Phi) is 3.21. The first kappa shape index (κ1) is 12.6. The SMILES string of the molecule is C(=C1c2ccccc2CCc2sccc21)c1ccccc1. The van der Waals surface area contributed by atoms with E-state index >= 15 is 0 Å². The van der Waals surface area contributed by atoms with Crippen molar-refractivity contribution in [1.82, 2.24) is 0 Å². The highest BCUT2D eigenvalue weighted by Crippen LogP contribution is 2.37. The third kappa shape index (κ3) is 2.34. The van der Waals surface area contributed by atoms with Crippen molar-refractivity contribution < 1.29 is 0 Å². The summed E-state index contributed by atoms with van der Waals surface area (Å²) in [7, 11) is 0. The summed E-state index contributed by atoms with van der Waals surface area (Å²) in [6, 6.07) is 21.7. The molecule has 1 aliphatic carbocycles. The van der Waals surface area contributed by atoms with Crippen LogP contribution in [0.1, 0.15) is 27.1 Å². The van der Waals surface area contributed by atoms with E-state index < -0.39 is 0 Å². The Balaban J connectivity index is 1.96. The summed E-state index contributed by atoms with van der Waals surface area (Å²) in [4.78, 5) is 1.51. The Morgan fingerprint density at radius 2 is 1.57 bits per heavy atom. The van der Waals surface area contributed by atoms with Gasteiger partial charge in [0.2, 0.25) is 0 Å². The second-order valence-corrected chi connectivity index (χ2v) is 6.38. The van der Waals surface area contributed by atoms with E-state index in [1.54, 1.807) is 0 Å². The van der Waals surface area contributed by atoms with Gasteiger partial charge in [-0.15, -0.1) is 11.3 Å². The second kappa shape index (κ2) is 5.34. The first-order chi connectivity index (χ1) is 10.4. The van der Waals surface area contributed by atoms with Gasteiger partial charge in [-0.25, -0.2) is 0 Å². The number of thiophene rings is 1. The molecule has 3 aromatic rings. The van der Waals surface area contributed by atoms with E-state index in [0.717, 1.165) is 12.8 Å². The van der Waals surface area contributed by atoms with Crippen LogP contribution in [0.2, 0.25) is 0 Å². The van der Waals surface area contributed by atoms with Crippen molar-refractivity contribution in [1.29, 1.82) is 0 Å². The quantitative estimate of drug-likeness (QED) is 0.559. The zero-order valence-corrected chi connectivity index (χ0v) is 12.6. The minimum absolute atomic E-state index is 1.13. The van der Waals surface area contributed by atoms with E-state index in [-0.39, 0.29) is 0 Å². The smallest absolute Gasteiger partial charge is 0.0127 e. The van der Waals surface area contributed by atoms with E-state index in [0.29, 0.717) is 0 Å². The molecule has 2 aromatic carbocycles. The van der Waals surface area contributed by atoms with E-state index in [1.165, 1.54) is 32.7 Å². The number of aryl methyl sites for hydroxylation is 2. The molecule has 21 heavy (non-hydrogen) atoms. The Morgan fingerprint density at radius 1 is 0.762 bits per heavy atom. The Morgan fingerprint density at radius 3 is 2.48 bits per heavy atom. The minimum atomic E-state index is 1.13. The van der Waals surface area contributed by atoms with Crippen LogP contribution in [0.25, 0.3) is 11.6 Å². The molecule has 0 atom stereocenters. The highest BCUT2D eigenvalue weighted by atomic mass is 32.1. The largest absolute Gasteiger partial charge is 0.148 e. The van der Waals surface area contributed by atoms with Gasteiger partial charge < -0.3 is 0 Å². The molecule has 4 rings (SSSR count). The van der Waals surface area contributed by atoms with Crippen LogP contribution in [0.3, 0.4) is 0 Å². The first-order valence-corrected chi connectivity index (χ1v) is 8.21. The summed E-state index contributed by atoms with van der Waals surface area (Å²) in [5.74, 6) is 0. The summed E-state index contributed by atoms with van der Waals surface area (Å²) >= 11 is 1.88. The van der Waals surface area contributed by atoms with Crippen molar-refractivity contribution in [3.05, 3.63) is 93.2 Å². The standard InChI is InChI=1S/C20H16S/c1-2-6-15(7-3-1)14-19-17-9-5-4-8-16(17)10-11-20-18(19)12-13-21-20/h1-9,12-14H,10-11H2. The summed E-state index contributed by atoms with van der Waals surface area (Å²) < 4.78 is 0. The fourth-order valence-corrected chi connectivity index (χ4v) is 3.93. The lowest BCUT2D eigenvalue weighted by atomic mass is 9.94. The van der Waals surface area contributed by atoms with Gasteiger partial charge >= 0.3 is 0 Å². The number of hydrogen-bond donors (Lipinski definition) is 0. The van der Waals surface area contributed by atoms with Gasteiger partial charge in [0.1, 0.15) is 0 Å². The fourth-order valence-electron chi connectivity index (χ4n) is 3.04. The van der Waals surface area contributed by atoms with Gasteiger partial charge in [-0.2, -0.15) is 0 Å². The molecule has 0 nitrogen and oxygen atoms in total. The molecule has 0 fully saturated rings. The lowest BCUT2D eigenvalue weighted by Crippen LogP contribution is -1.91. The summed E-state index contributed by atoms with van der Waals surface area (Å²) in [6.07, 6.45) is 4.61. The Labute approximate surface area is 129 Å². The van der Waals surface area contributed by atoms with Crippen molar-refractivity contribution in [3.8, 4) is 0 Å². The van der Waals surface area contributed by atoms with Gasteiger partial charge in [0, 0.05) is 4.88 Å². The molecule has 1 aromatic heterocycles. The van der Waals surface area contributed by atoms with Crippen molar-refractivity contribution >= 4 is 23.0 Å². The molecule has 1 heterocycles. The van der Waals surface area contributed by atoms with Crippen LogP contribution in [0.5, 0.6) is 0 Å². The molecular formula is C20H16S. The summed E-state index contributed by atoms with van der Waals surface area (Å²) in [5.41, 5.74) is 6.89. The second-order valence-electron chi connectivity index (χ2n) is 5.38. The molecular weight excluding hydrogens is 272 g/mol. The average molecular weight is 288 g/mol. The normalized spacial score (nSPS) is 15.3. The topological polar surface area (TPSA) is 0 Å². The molecule has 0 amide bonds.